The van der Waals surface area contributed by atoms with E-state index in [1.165, 1.54) is 7.11 Å². The van der Waals surface area contributed by atoms with Gasteiger partial charge in [-0.1, -0.05) is 12.1 Å². The van der Waals surface area contributed by atoms with Crippen LogP contribution >= 0.6 is 0 Å². The number of methoxy groups -OCH3 is 1. The molecule has 0 aliphatic carbocycles. The minimum atomic E-state index is -0.443. The number of ether oxygens (including phenoxy) is 2. The molecule has 1 fully saturated rings. The molecule has 0 saturated carbocycles. The van der Waals surface area contributed by atoms with Crippen molar-refractivity contribution >= 4 is 17.9 Å². The molecule has 1 unspecified atom stereocenters. The van der Waals surface area contributed by atoms with E-state index >= 15 is 0 Å². The van der Waals surface area contributed by atoms with Crippen LogP contribution in [-0.4, -0.2) is 56.0 Å². The lowest BCUT2D eigenvalue weighted by Gasteiger charge is -2.20. The van der Waals surface area contributed by atoms with Crippen LogP contribution in [0.2, 0.25) is 0 Å². The Morgan fingerprint density at radius 2 is 2.10 bits per heavy atom. The van der Waals surface area contributed by atoms with Gasteiger partial charge in [-0.3, -0.25) is 0 Å². The Morgan fingerprint density at radius 1 is 1.34 bits per heavy atom. The summed E-state index contributed by atoms with van der Waals surface area (Å²) in [4.78, 5) is 24.6. The summed E-state index contributed by atoms with van der Waals surface area (Å²) in [5.74, 6) is 2.49. The minimum absolute atomic E-state index is 0.105. The highest BCUT2D eigenvalue weighted by Gasteiger charge is 2.25. The Kier molecular flexibility index (Phi) is 6.74. The smallest absolute Gasteiger partial charge is 0.407 e. The number of alkyl carbamates (subject to hydrolysis) is 1. The topological polar surface area (TPSA) is 79.8 Å². The second kappa shape index (κ2) is 9.45. The van der Waals surface area contributed by atoms with E-state index in [1.807, 2.05) is 49.2 Å². The molecule has 2 aromatic rings. The Balaban J connectivity index is 1.57. The van der Waals surface area contributed by atoms with Crippen LogP contribution in [-0.2, 0) is 4.74 Å². The third kappa shape index (κ3) is 5.28. The van der Waals surface area contributed by atoms with Gasteiger partial charge in [0.2, 0.25) is 5.95 Å². The van der Waals surface area contributed by atoms with Gasteiger partial charge in [0.05, 0.1) is 19.7 Å². The van der Waals surface area contributed by atoms with Gasteiger partial charge in [-0.2, -0.15) is 4.98 Å². The maximum absolute atomic E-state index is 11.3. The normalized spacial score (nSPS) is 17.0. The molecule has 1 aromatic heterocycles. The molecule has 1 N–H and O–H groups in total. The van der Waals surface area contributed by atoms with Crippen LogP contribution in [0.1, 0.15) is 31.9 Å². The number of nitrogens with one attached hydrogen (secondary N) is 1. The molecule has 1 aliphatic rings. The van der Waals surface area contributed by atoms with E-state index in [1.54, 1.807) is 6.20 Å². The number of anilines is 2. The zero-order valence-corrected chi connectivity index (χ0v) is 17.5. The van der Waals surface area contributed by atoms with Crippen molar-refractivity contribution in [3.8, 4) is 5.75 Å². The molecule has 0 spiro atoms. The standard InChI is InChI=1S/C21H29N5O3/c1-5-25(3)20-22-12-10-19(24-20)26-13-11-18(14-26)29-17-8-6-16(7-9-17)15(2)23-21(27)28-4/h6-10,12,15,18H,5,11,13-14H2,1-4H3,(H,23,27)/t15-,18?/m0/s1. The molecule has 2 atom stereocenters. The molecule has 1 amide bonds. The fraction of sp³-hybridized carbons (Fsp3) is 0.476. The minimum Gasteiger partial charge on any atom is -0.489 e. The number of amides is 1. The van der Waals surface area contributed by atoms with Crippen molar-refractivity contribution in [2.24, 2.45) is 0 Å². The Bertz CT molecular complexity index is 814. The second-order valence-electron chi connectivity index (χ2n) is 7.13. The van der Waals surface area contributed by atoms with Crippen molar-refractivity contribution in [2.45, 2.75) is 32.4 Å². The highest BCUT2D eigenvalue weighted by molar-refractivity contribution is 5.67. The highest BCUT2D eigenvalue weighted by atomic mass is 16.5. The fourth-order valence-corrected chi connectivity index (χ4v) is 3.22. The van der Waals surface area contributed by atoms with Crippen LogP contribution in [0.5, 0.6) is 5.75 Å². The van der Waals surface area contributed by atoms with Gasteiger partial charge in [0.25, 0.3) is 0 Å². The first-order valence-corrected chi connectivity index (χ1v) is 9.90. The molecule has 1 aliphatic heterocycles. The van der Waals surface area contributed by atoms with Crippen LogP contribution in [0, 0.1) is 0 Å². The first-order chi connectivity index (χ1) is 14.0. The number of carbonyl (C=O) groups is 1. The highest BCUT2D eigenvalue weighted by Crippen LogP contribution is 2.24. The number of hydrogen-bond donors (Lipinski definition) is 1. The van der Waals surface area contributed by atoms with E-state index in [9.17, 15) is 4.79 Å². The number of aromatic nitrogens is 2. The maximum atomic E-state index is 11.3. The average Bonchev–Trinajstić information content (AvgIpc) is 3.22. The Morgan fingerprint density at radius 3 is 2.79 bits per heavy atom. The summed E-state index contributed by atoms with van der Waals surface area (Å²) < 4.78 is 10.8. The van der Waals surface area contributed by atoms with Gasteiger partial charge >= 0.3 is 6.09 Å². The number of nitrogens with zero attached hydrogens (tertiary/aromatic N) is 4. The van der Waals surface area contributed by atoms with Gasteiger partial charge in [0.15, 0.2) is 0 Å². The predicted molar refractivity (Wildman–Crippen MR) is 113 cm³/mol. The lowest BCUT2D eigenvalue weighted by Crippen LogP contribution is -2.27. The van der Waals surface area contributed by atoms with Crippen molar-refractivity contribution in [3.63, 3.8) is 0 Å². The third-order valence-electron chi connectivity index (χ3n) is 5.12. The summed E-state index contributed by atoms with van der Waals surface area (Å²) in [6.07, 6.45) is 2.40. The predicted octanol–water partition coefficient (Wildman–Crippen LogP) is 3.01. The van der Waals surface area contributed by atoms with Crippen molar-refractivity contribution in [3.05, 3.63) is 42.1 Å². The van der Waals surface area contributed by atoms with Crippen molar-refractivity contribution in [1.29, 1.82) is 0 Å². The molecule has 0 bridgehead atoms. The van der Waals surface area contributed by atoms with Gasteiger partial charge in [-0.25, -0.2) is 9.78 Å². The summed E-state index contributed by atoms with van der Waals surface area (Å²) in [6, 6.07) is 9.60. The van der Waals surface area contributed by atoms with Gasteiger partial charge in [-0.15, -0.1) is 0 Å². The second-order valence-corrected chi connectivity index (χ2v) is 7.13. The summed E-state index contributed by atoms with van der Waals surface area (Å²) in [5.41, 5.74) is 0.990. The first kappa shape index (κ1) is 20.7. The molecule has 1 saturated heterocycles. The summed E-state index contributed by atoms with van der Waals surface area (Å²) >= 11 is 0. The molecule has 8 heteroatoms. The zero-order chi connectivity index (χ0) is 20.8. The molecule has 156 valence electrons. The van der Waals surface area contributed by atoms with Crippen LogP contribution in [0.25, 0.3) is 0 Å². The largest absolute Gasteiger partial charge is 0.489 e. The number of benzene rings is 1. The summed E-state index contributed by atoms with van der Waals surface area (Å²) in [6.45, 7) is 6.53. The van der Waals surface area contributed by atoms with Crippen molar-refractivity contribution in [2.75, 3.05) is 43.6 Å². The molecule has 1 aromatic carbocycles. The fourth-order valence-electron chi connectivity index (χ4n) is 3.22. The van der Waals surface area contributed by atoms with Crippen LogP contribution in [0.4, 0.5) is 16.6 Å². The van der Waals surface area contributed by atoms with Crippen molar-refractivity contribution in [1.82, 2.24) is 15.3 Å². The van der Waals surface area contributed by atoms with Crippen molar-refractivity contribution < 1.29 is 14.3 Å². The van der Waals surface area contributed by atoms with Gasteiger partial charge in [0, 0.05) is 32.8 Å². The quantitative estimate of drug-likeness (QED) is 0.767. The van der Waals surface area contributed by atoms with E-state index in [-0.39, 0.29) is 12.1 Å². The molecular weight excluding hydrogens is 370 g/mol. The average molecular weight is 399 g/mol. The van der Waals surface area contributed by atoms with Gasteiger partial charge in [-0.05, 0) is 37.6 Å². The SMILES string of the molecule is CCN(C)c1nccc(N2CCC(Oc3ccc([C@H](C)NC(=O)OC)cc3)C2)n1. The molecule has 8 nitrogen and oxygen atoms in total. The Labute approximate surface area is 171 Å². The molecular formula is C21H29N5O3. The molecule has 2 heterocycles. The van der Waals surface area contributed by atoms with E-state index in [0.29, 0.717) is 0 Å². The third-order valence-corrected chi connectivity index (χ3v) is 5.12. The van der Waals surface area contributed by atoms with Crippen LogP contribution in [0.15, 0.2) is 36.5 Å². The monoisotopic (exact) mass is 399 g/mol. The zero-order valence-electron chi connectivity index (χ0n) is 17.5. The lowest BCUT2D eigenvalue weighted by atomic mass is 10.1. The van der Waals surface area contributed by atoms with E-state index in [4.69, 9.17) is 4.74 Å². The number of hydrogen-bond acceptors (Lipinski definition) is 7. The van der Waals surface area contributed by atoms with Gasteiger partial charge in [0.1, 0.15) is 17.7 Å². The van der Waals surface area contributed by atoms with E-state index < -0.39 is 6.09 Å². The number of carbonyl (C=O) groups excluding carboxylic acids is 1. The lowest BCUT2D eigenvalue weighted by molar-refractivity contribution is 0.167. The number of rotatable bonds is 7. The van der Waals surface area contributed by atoms with E-state index in [0.717, 1.165) is 49.1 Å². The van der Waals surface area contributed by atoms with Gasteiger partial charge < -0.3 is 24.6 Å². The molecule has 0 radical (unpaired) electrons. The first-order valence-electron chi connectivity index (χ1n) is 9.90. The van der Waals surface area contributed by atoms with E-state index in [2.05, 4.69) is 31.8 Å². The maximum Gasteiger partial charge on any atom is 0.407 e. The Hall–Kier alpha value is -3.03. The summed E-state index contributed by atoms with van der Waals surface area (Å²) in [7, 11) is 3.34. The van der Waals surface area contributed by atoms with Crippen LogP contribution < -0.4 is 19.9 Å². The molecule has 3 rings (SSSR count). The summed E-state index contributed by atoms with van der Waals surface area (Å²) in [5, 5.41) is 2.75. The van der Waals surface area contributed by atoms with Crippen LogP contribution in [0.3, 0.4) is 0 Å². The molecule has 29 heavy (non-hydrogen) atoms.